The average Bonchev–Trinajstić information content (AvgIpc) is 2.55. The first-order chi connectivity index (χ1) is 10.6. The highest BCUT2D eigenvalue weighted by Gasteiger charge is 2.29. The molecule has 1 atom stereocenters. The Morgan fingerprint density at radius 3 is 2.95 bits per heavy atom. The monoisotopic (exact) mass is 303 g/mol. The fourth-order valence-corrected chi connectivity index (χ4v) is 2.93. The summed E-state index contributed by atoms with van der Waals surface area (Å²) >= 11 is 0. The summed E-state index contributed by atoms with van der Waals surface area (Å²) in [7, 11) is 1.82. The number of aromatic nitrogens is 1. The molecule has 1 fully saturated rings. The second kappa shape index (κ2) is 7.92. The number of hydrogen-bond acceptors (Lipinski definition) is 3. The molecule has 0 spiro atoms. The van der Waals surface area contributed by atoms with E-state index in [9.17, 15) is 9.59 Å². The Labute approximate surface area is 132 Å². The zero-order valence-corrected chi connectivity index (χ0v) is 13.5. The van der Waals surface area contributed by atoms with Crippen LogP contribution < -0.4 is 0 Å². The summed E-state index contributed by atoms with van der Waals surface area (Å²) in [5, 5.41) is 0. The molecule has 0 N–H and O–H groups in total. The first-order valence-electron chi connectivity index (χ1n) is 8.03. The maximum Gasteiger partial charge on any atom is 0.227 e. The Morgan fingerprint density at radius 1 is 1.45 bits per heavy atom. The molecule has 0 aromatic carbocycles. The number of hydrogen-bond donors (Lipinski definition) is 0. The van der Waals surface area contributed by atoms with Gasteiger partial charge in [0.25, 0.3) is 0 Å². The number of amides is 2. The van der Waals surface area contributed by atoms with Crippen molar-refractivity contribution in [3.8, 4) is 0 Å². The van der Waals surface area contributed by atoms with Gasteiger partial charge in [-0.15, -0.1) is 0 Å². The Hall–Kier alpha value is -1.91. The molecule has 0 bridgehead atoms. The molecule has 120 valence electrons. The van der Waals surface area contributed by atoms with Gasteiger partial charge in [0.2, 0.25) is 11.8 Å². The second-order valence-electron chi connectivity index (χ2n) is 5.98. The quantitative estimate of drug-likeness (QED) is 0.837. The van der Waals surface area contributed by atoms with Gasteiger partial charge in [0.1, 0.15) is 0 Å². The number of likely N-dealkylation sites (tertiary alicyclic amines) is 1. The normalized spacial score (nSPS) is 18.1. The van der Waals surface area contributed by atoms with Gasteiger partial charge in [0.15, 0.2) is 0 Å². The molecule has 1 aromatic rings. The molecule has 0 radical (unpaired) electrons. The number of pyridine rings is 1. The molecule has 2 rings (SSSR count). The molecule has 1 aliphatic heterocycles. The topological polar surface area (TPSA) is 53.5 Å². The molecule has 22 heavy (non-hydrogen) atoms. The third-order valence-electron chi connectivity index (χ3n) is 4.11. The highest BCUT2D eigenvalue weighted by Crippen LogP contribution is 2.20. The summed E-state index contributed by atoms with van der Waals surface area (Å²) in [6.07, 6.45) is 6.71. The number of nitrogens with zero attached hydrogens (tertiary/aromatic N) is 3. The molecule has 1 unspecified atom stereocenters. The van der Waals surface area contributed by atoms with E-state index >= 15 is 0 Å². The lowest BCUT2D eigenvalue weighted by atomic mass is 9.96. The summed E-state index contributed by atoms with van der Waals surface area (Å²) in [5.41, 5.74) is 1.02. The van der Waals surface area contributed by atoms with Crippen LogP contribution in [0.4, 0.5) is 0 Å². The van der Waals surface area contributed by atoms with E-state index in [2.05, 4.69) is 4.98 Å². The van der Waals surface area contributed by atoms with Crippen LogP contribution in [0.3, 0.4) is 0 Å². The van der Waals surface area contributed by atoms with E-state index in [0.717, 1.165) is 31.4 Å². The molecule has 1 aliphatic rings. The van der Waals surface area contributed by atoms with Crippen molar-refractivity contribution in [2.75, 3.05) is 20.1 Å². The van der Waals surface area contributed by atoms with E-state index in [4.69, 9.17) is 0 Å². The van der Waals surface area contributed by atoms with Gasteiger partial charge >= 0.3 is 0 Å². The van der Waals surface area contributed by atoms with Crippen LogP contribution in [0.5, 0.6) is 0 Å². The lowest BCUT2D eigenvalue weighted by Crippen LogP contribution is -2.45. The molecule has 0 saturated carbocycles. The van der Waals surface area contributed by atoms with Crippen LogP contribution in [0.2, 0.25) is 0 Å². The van der Waals surface area contributed by atoms with Crippen molar-refractivity contribution in [2.24, 2.45) is 5.92 Å². The van der Waals surface area contributed by atoms with Crippen molar-refractivity contribution in [3.05, 3.63) is 30.1 Å². The maximum atomic E-state index is 12.6. The average molecular weight is 303 g/mol. The Morgan fingerprint density at radius 2 is 2.27 bits per heavy atom. The number of rotatable bonds is 5. The zero-order chi connectivity index (χ0) is 15.9. The summed E-state index contributed by atoms with van der Waals surface area (Å²) in [4.78, 5) is 32.3. The lowest BCUT2D eigenvalue weighted by molar-refractivity contribution is -0.140. The van der Waals surface area contributed by atoms with Crippen LogP contribution >= 0.6 is 0 Å². The first-order valence-corrected chi connectivity index (χ1v) is 8.03. The van der Waals surface area contributed by atoms with Crippen molar-refractivity contribution in [2.45, 2.75) is 39.2 Å². The van der Waals surface area contributed by atoms with Crippen molar-refractivity contribution >= 4 is 11.8 Å². The molecule has 2 amide bonds. The maximum absolute atomic E-state index is 12.6. The zero-order valence-electron chi connectivity index (χ0n) is 13.5. The SMILES string of the molecule is CCCC(=O)N1CCCC(C(=O)N(C)Cc2cccnc2)C1. The van der Waals surface area contributed by atoms with E-state index in [-0.39, 0.29) is 17.7 Å². The van der Waals surface area contributed by atoms with Gasteiger partial charge in [0.05, 0.1) is 5.92 Å². The summed E-state index contributed by atoms with van der Waals surface area (Å²) in [5.74, 6) is 0.226. The third-order valence-corrected chi connectivity index (χ3v) is 4.11. The van der Waals surface area contributed by atoms with E-state index in [1.54, 1.807) is 17.3 Å². The number of carbonyl (C=O) groups is 2. The molecule has 1 aromatic heterocycles. The molecule has 0 aliphatic carbocycles. The predicted octanol–water partition coefficient (Wildman–Crippen LogP) is 2.08. The van der Waals surface area contributed by atoms with Crippen molar-refractivity contribution in [1.82, 2.24) is 14.8 Å². The highest BCUT2D eigenvalue weighted by molar-refractivity contribution is 5.81. The van der Waals surface area contributed by atoms with Gasteiger partial charge in [-0.2, -0.15) is 0 Å². The highest BCUT2D eigenvalue weighted by atomic mass is 16.2. The molecule has 5 heteroatoms. The van der Waals surface area contributed by atoms with E-state index < -0.39 is 0 Å². The predicted molar refractivity (Wildman–Crippen MR) is 84.9 cm³/mol. The largest absolute Gasteiger partial charge is 0.342 e. The van der Waals surface area contributed by atoms with Gasteiger partial charge < -0.3 is 9.80 Å². The summed E-state index contributed by atoms with van der Waals surface area (Å²) in [6.45, 7) is 3.92. The molecular weight excluding hydrogens is 278 g/mol. The molecule has 1 saturated heterocycles. The Balaban J connectivity index is 1.92. The van der Waals surface area contributed by atoms with Crippen molar-refractivity contribution < 1.29 is 9.59 Å². The number of piperidine rings is 1. The fourth-order valence-electron chi connectivity index (χ4n) is 2.93. The van der Waals surface area contributed by atoms with Gasteiger partial charge in [-0.3, -0.25) is 14.6 Å². The summed E-state index contributed by atoms with van der Waals surface area (Å²) in [6, 6.07) is 3.84. The first kappa shape index (κ1) is 16.5. The summed E-state index contributed by atoms with van der Waals surface area (Å²) < 4.78 is 0. The van der Waals surface area contributed by atoms with E-state index in [1.165, 1.54) is 0 Å². The smallest absolute Gasteiger partial charge is 0.227 e. The van der Waals surface area contributed by atoms with Crippen LogP contribution in [-0.2, 0) is 16.1 Å². The van der Waals surface area contributed by atoms with Crippen LogP contribution in [0.15, 0.2) is 24.5 Å². The van der Waals surface area contributed by atoms with Crippen LogP contribution in [0, 0.1) is 5.92 Å². The minimum Gasteiger partial charge on any atom is -0.342 e. The van der Waals surface area contributed by atoms with Gasteiger partial charge in [-0.25, -0.2) is 0 Å². The fraction of sp³-hybridized carbons (Fsp3) is 0.588. The van der Waals surface area contributed by atoms with Crippen molar-refractivity contribution in [3.63, 3.8) is 0 Å². The Kier molecular flexibility index (Phi) is 5.92. The standard InChI is InChI=1S/C17H25N3O2/c1-3-6-16(21)20-10-5-8-15(13-20)17(22)19(2)12-14-7-4-9-18-11-14/h4,7,9,11,15H,3,5-6,8,10,12-13H2,1-2H3. The minimum absolute atomic E-state index is 0.0729. The van der Waals surface area contributed by atoms with E-state index in [1.807, 2.05) is 31.0 Å². The van der Waals surface area contributed by atoms with Gasteiger partial charge in [0, 0.05) is 45.5 Å². The van der Waals surface area contributed by atoms with Crippen molar-refractivity contribution in [1.29, 1.82) is 0 Å². The second-order valence-corrected chi connectivity index (χ2v) is 5.98. The van der Waals surface area contributed by atoms with Gasteiger partial charge in [-0.05, 0) is 30.9 Å². The van der Waals surface area contributed by atoms with Crippen LogP contribution in [0.25, 0.3) is 0 Å². The third kappa shape index (κ3) is 4.29. The molecule has 2 heterocycles. The lowest BCUT2D eigenvalue weighted by Gasteiger charge is -2.34. The number of carbonyl (C=O) groups excluding carboxylic acids is 2. The van der Waals surface area contributed by atoms with Crippen LogP contribution in [0.1, 0.15) is 38.2 Å². The minimum atomic E-state index is -0.0729. The molecular formula is C17H25N3O2. The van der Waals surface area contributed by atoms with E-state index in [0.29, 0.717) is 19.5 Å². The molecule has 5 nitrogen and oxygen atoms in total. The van der Waals surface area contributed by atoms with Gasteiger partial charge in [-0.1, -0.05) is 13.0 Å². The van der Waals surface area contributed by atoms with Crippen LogP contribution in [-0.4, -0.2) is 46.7 Å². The Bertz CT molecular complexity index is 504.